The average Bonchev–Trinajstić information content (AvgIpc) is 2.67. The Morgan fingerprint density at radius 2 is 2.00 bits per heavy atom. The van der Waals surface area contributed by atoms with Gasteiger partial charge in [0.25, 0.3) is 0 Å². The number of hydrogen-bond acceptors (Lipinski definition) is 3. The Morgan fingerprint density at radius 3 is 2.60 bits per heavy atom. The molecule has 0 spiro atoms. The second kappa shape index (κ2) is 5.73. The van der Waals surface area contributed by atoms with Crippen LogP contribution in [0.3, 0.4) is 0 Å². The Kier molecular flexibility index (Phi) is 4.59. The molecule has 1 saturated heterocycles. The van der Waals surface area contributed by atoms with Crippen LogP contribution in [0.2, 0.25) is 0 Å². The van der Waals surface area contributed by atoms with Gasteiger partial charge < -0.3 is 5.21 Å². The number of rotatable bonds is 2. The Morgan fingerprint density at radius 1 is 1.27 bits per heavy atom. The number of nitrogens with zero attached hydrogens (tertiary/aromatic N) is 2. The highest BCUT2D eigenvalue weighted by molar-refractivity contribution is 5.87. The molecule has 4 heteroatoms. The van der Waals surface area contributed by atoms with Gasteiger partial charge in [-0.25, -0.2) is 0 Å². The van der Waals surface area contributed by atoms with Crippen LogP contribution in [0.15, 0.2) is 35.5 Å². The van der Waals surface area contributed by atoms with Crippen molar-refractivity contribution in [3.05, 3.63) is 35.9 Å². The summed E-state index contributed by atoms with van der Waals surface area (Å²) in [5.41, 5.74) is 2.20. The van der Waals surface area contributed by atoms with Crippen LogP contribution < -0.4 is 0 Å². The summed E-state index contributed by atoms with van der Waals surface area (Å²) in [6.45, 7) is 2.74. The SMILES string of the molecule is Cl.O/N=C1/CCN(Cc2ccccc2)C1. The highest BCUT2D eigenvalue weighted by Crippen LogP contribution is 2.10. The van der Waals surface area contributed by atoms with E-state index in [9.17, 15) is 0 Å². The lowest BCUT2D eigenvalue weighted by atomic mass is 10.2. The fourth-order valence-corrected chi connectivity index (χ4v) is 1.76. The van der Waals surface area contributed by atoms with E-state index in [4.69, 9.17) is 5.21 Å². The molecule has 3 nitrogen and oxygen atoms in total. The zero-order chi connectivity index (χ0) is 9.80. The van der Waals surface area contributed by atoms with Crippen LogP contribution in [0.1, 0.15) is 12.0 Å². The van der Waals surface area contributed by atoms with Crippen molar-refractivity contribution in [3.63, 3.8) is 0 Å². The van der Waals surface area contributed by atoms with Gasteiger partial charge in [0.1, 0.15) is 0 Å². The van der Waals surface area contributed by atoms with Crippen molar-refractivity contribution in [1.29, 1.82) is 0 Å². The minimum absolute atomic E-state index is 0. The van der Waals surface area contributed by atoms with E-state index < -0.39 is 0 Å². The standard InChI is InChI=1S/C11H14N2O.ClH/c14-12-11-6-7-13(9-11)8-10-4-2-1-3-5-10;/h1-5,14H,6-9H2;1H/b12-11-;. The van der Waals surface area contributed by atoms with E-state index in [-0.39, 0.29) is 12.4 Å². The van der Waals surface area contributed by atoms with Gasteiger partial charge in [-0.1, -0.05) is 35.5 Å². The van der Waals surface area contributed by atoms with E-state index >= 15 is 0 Å². The molecular formula is C11H15ClN2O. The number of oxime groups is 1. The molecule has 1 fully saturated rings. The number of halogens is 1. The van der Waals surface area contributed by atoms with Gasteiger partial charge in [0.15, 0.2) is 0 Å². The molecule has 0 aliphatic carbocycles. The third kappa shape index (κ3) is 3.22. The summed E-state index contributed by atoms with van der Waals surface area (Å²) in [7, 11) is 0. The summed E-state index contributed by atoms with van der Waals surface area (Å²) >= 11 is 0. The van der Waals surface area contributed by atoms with Crippen molar-refractivity contribution in [2.45, 2.75) is 13.0 Å². The molecule has 0 bridgehead atoms. The third-order valence-electron chi connectivity index (χ3n) is 2.51. The molecule has 82 valence electrons. The molecule has 1 aliphatic rings. The molecule has 0 aromatic heterocycles. The van der Waals surface area contributed by atoms with Gasteiger partial charge >= 0.3 is 0 Å². The molecule has 1 aromatic rings. The van der Waals surface area contributed by atoms with Crippen molar-refractivity contribution >= 4 is 18.1 Å². The van der Waals surface area contributed by atoms with E-state index in [1.165, 1.54) is 5.56 Å². The van der Waals surface area contributed by atoms with E-state index in [1.54, 1.807) is 0 Å². The zero-order valence-electron chi connectivity index (χ0n) is 8.47. The summed E-state index contributed by atoms with van der Waals surface area (Å²) in [5.74, 6) is 0. The smallest absolute Gasteiger partial charge is 0.0723 e. The number of hydrogen-bond donors (Lipinski definition) is 1. The van der Waals surface area contributed by atoms with Crippen LogP contribution in [-0.4, -0.2) is 28.9 Å². The molecule has 0 amide bonds. The van der Waals surface area contributed by atoms with Crippen molar-refractivity contribution in [1.82, 2.24) is 4.90 Å². The van der Waals surface area contributed by atoms with Gasteiger partial charge in [0.2, 0.25) is 0 Å². The average molecular weight is 227 g/mol. The molecule has 2 rings (SSSR count). The number of benzene rings is 1. The van der Waals surface area contributed by atoms with Crippen LogP contribution in [0.25, 0.3) is 0 Å². The lowest BCUT2D eigenvalue weighted by Crippen LogP contribution is -2.19. The predicted octanol–water partition coefficient (Wildman–Crippen LogP) is 2.14. The van der Waals surface area contributed by atoms with Crippen LogP contribution in [0.5, 0.6) is 0 Å². The Labute approximate surface area is 95.8 Å². The van der Waals surface area contributed by atoms with Crippen LogP contribution in [0.4, 0.5) is 0 Å². The van der Waals surface area contributed by atoms with Gasteiger partial charge in [0.05, 0.1) is 5.71 Å². The van der Waals surface area contributed by atoms with E-state index in [0.717, 1.165) is 31.8 Å². The second-order valence-electron chi connectivity index (χ2n) is 3.61. The maximum Gasteiger partial charge on any atom is 0.0723 e. The Hall–Kier alpha value is -1.06. The summed E-state index contributed by atoms with van der Waals surface area (Å²) in [6, 6.07) is 10.4. The van der Waals surface area contributed by atoms with Gasteiger partial charge in [-0.05, 0) is 5.56 Å². The lowest BCUT2D eigenvalue weighted by molar-refractivity contribution is 0.313. The minimum atomic E-state index is 0. The molecule has 0 saturated carbocycles. The third-order valence-corrected chi connectivity index (χ3v) is 2.51. The van der Waals surface area contributed by atoms with Gasteiger partial charge in [-0.3, -0.25) is 4.90 Å². The maximum absolute atomic E-state index is 8.61. The summed E-state index contributed by atoms with van der Waals surface area (Å²) in [5, 5.41) is 11.9. The van der Waals surface area contributed by atoms with Crippen LogP contribution in [0, 0.1) is 0 Å². The van der Waals surface area contributed by atoms with E-state index in [0.29, 0.717) is 0 Å². The van der Waals surface area contributed by atoms with Crippen molar-refractivity contribution in [2.75, 3.05) is 13.1 Å². The second-order valence-corrected chi connectivity index (χ2v) is 3.61. The topological polar surface area (TPSA) is 35.8 Å². The fraction of sp³-hybridized carbons (Fsp3) is 0.364. The molecule has 1 heterocycles. The first-order valence-electron chi connectivity index (χ1n) is 4.84. The fourth-order valence-electron chi connectivity index (χ4n) is 1.76. The van der Waals surface area contributed by atoms with E-state index in [2.05, 4.69) is 22.2 Å². The highest BCUT2D eigenvalue weighted by atomic mass is 35.5. The lowest BCUT2D eigenvalue weighted by Gasteiger charge is -2.13. The molecule has 0 radical (unpaired) electrons. The van der Waals surface area contributed by atoms with Crippen molar-refractivity contribution in [2.24, 2.45) is 5.16 Å². The molecular weight excluding hydrogens is 212 g/mol. The van der Waals surface area contributed by atoms with Gasteiger partial charge in [-0.2, -0.15) is 0 Å². The van der Waals surface area contributed by atoms with Crippen molar-refractivity contribution in [3.8, 4) is 0 Å². The Balaban J connectivity index is 0.00000112. The Bertz CT molecular complexity index is 327. The highest BCUT2D eigenvalue weighted by Gasteiger charge is 2.17. The first kappa shape index (κ1) is 12.0. The maximum atomic E-state index is 8.61. The molecule has 1 aliphatic heterocycles. The molecule has 1 N–H and O–H groups in total. The summed E-state index contributed by atoms with van der Waals surface area (Å²) < 4.78 is 0. The summed E-state index contributed by atoms with van der Waals surface area (Å²) in [4.78, 5) is 2.28. The normalized spacial score (nSPS) is 19.1. The first-order valence-corrected chi connectivity index (χ1v) is 4.84. The predicted molar refractivity (Wildman–Crippen MR) is 62.8 cm³/mol. The molecule has 0 atom stereocenters. The first-order chi connectivity index (χ1) is 6.88. The molecule has 1 aromatic carbocycles. The largest absolute Gasteiger partial charge is 0.411 e. The van der Waals surface area contributed by atoms with E-state index in [1.807, 2.05) is 18.2 Å². The number of likely N-dealkylation sites (tertiary alicyclic amines) is 1. The minimum Gasteiger partial charge on any atom is -0.411 e. The van der Waals surface area contributed by atoms with Crippen molar-refractivity contribution < 1.29 is 5.21 Å². The van der Waals surface area contributed by atoms with Gasteiger partial charge in [-0.15, -0.1) is 12.4 Å². The monoisotopic (exact) mass is 226 g/mol. The van der Waals surface area contributed by atoms with Gasteiger partial charge in [0, 0.05) is 26.1 Å². The van der Waals surface area contributed by atoms with Crippen LogP contribution >= 0.6 is 12.4 Å². The quantitative estimate of drug-likeness (QED) is 0.620. The zero-order valence-corrected chi connectivity index (χ0v) is 9.28. The van der Waals surface area contributed by atoms with Crippen LogP contribution in [-0.2, 0) is 6.54 Å². The molecule has 15 heavy (non-hydrogen) atoms. The summed E-state index contributed by atoms with van der Waals surface area (Å²) in [6.07, 6.45) is 0.892. The molecule has 0 unspecified atom stereocenters.